The lowest BCUT2D eigenvalue weighted by molar-refractivity contribution is 0.341. The molecule has 1 heterocycles. The maximum atomic E-state index is 10.1. The zero-order chi connectivity index (χ0) is 12.3. The van der Waals surface area contributed by atoms with Crippen molar-refractivity contribution in [3.8, 4) is 11.6 Å². The quantitative estimate of drug-likeness (QED) is 0.849. The van der Waals surface area contributed by atoms with Crippen LogP contribution in [0.3, 0.4) is 0 Å². The molecule has 0 saturated heterocycles. The summed E-state index contributed by atoms with van der Waals surface area (Å²) in [6, 6.07) is 10.7. The van der Waals surface area contributed by atoms with Crippen molar-refractivity contribution < 1.29 is 13.9 Å². The Balaban J connectivity index is 2.07. The van der Waals surface area contributed by atoms with Gasteiger partial charge in [-0.25, -0.2) is 4.68 Å². The highest BCUT2D eigenvalue weighted by molar-refractivity contribution is 7.60. The number of nitrogens with zero attached hydrogens (tertiary/aromatic N) is 2. The molecule has 1 atom stereocenters. The van der Waals surface area contributed by atoms with Crippen molar-refractivity contribution >= 4 is 7.94 Å². The van der Waals surface area contributed by atoms with E-state index in [2.05, 4.69) is 5.10 Å². The van der Waals surface area contributed by atoms with Gasteiger partial charge in [0.15, 0.2) is 5.75 Å². The van der Waals surface area contributed by atoms with Crippen LogP contribution >= 0.6 is 7.94 Å². The van der Waals surface area contributed by atoms with E-state index in [4.69, 9.17) is 9.05 Å². The van der Waals surface area contributed by atoms with Crippen molar-refractivity contribution in [3.63, 3.8) is 0 Å². The van der Waals surface area contributed by atoms with Crippen molar-refractivity contribution in [1.29, 1.82) is 0 Å². The smallest absolute Gasteiger partial charge is 0.278 e. The molecule has 0 fully saturated rings. The van der Waals surface area contributed by atoms with Crippen LogP contribution in [0.15, 0.2) is 42.6 Å². The number of aromatic nitrogens is 2. The molecule has 0 aliphatic heterocycles. The molecule has 0 aliphatic carbocycles. The minimum Gasteiger partial charge on any atom is -0.278 e. The third kappa shape index (κ3) is 3.19. The first kappa shape index (κ1) is 11.9. The Bertz CT molecular complexity index is 484. The lowest BCUT2D eigenvalue weighted by atomic mass is 10.3. The Kier molecular flexibility index (Phi) is 3.31. The minimum absolute atomic E-state index is 0.472. The van der Waals surface area contributed by atoms with E-state index in [0.717, 1.165) is 0 Å². The molecule has 0 spiro atoms. The molecule has 2 rings (SSSR count). The number of benzene rings is 1. The Morgan fingerprint density at radius 2 is 1.88 bits per heavy atom. The van der Waals surface area contributed by atoms with E-state index in [0.29, 0.717) is 11.6 Å². The van der Waals surface area contributed by atoms with Crippen LogP contribution in [-0.2, 0) is 7.05 Å². The maximum absolute atomic E-state index is 10.1. The number of hydrogen-bond donors (Lipinski definition) is 1. The van der Waals surface area contributed by atoms with Gasteiger partial charge < -0.3 is 0 Å². The fraction of sp³-hybridized carbons (Fsp3) is 0.182. The van der Waals surface area contributed by atoms with Gasteiger partial charge in [-0.05, 0) is 12.1 Å². The molecular formula is C11H14N2O3P+. The standard InChI is InChI=1S/C11H14N2O3P/c1-13-11(8-9-12-13)16-17(2,14)15-10-6-4-3-5-7-10/h3-9,14H,1-2H3/q+1. The van der Waals surface area contributed by atoms with Gasteiger partial charge in [-0.3, -0.25) is 9.05 Å². The van der Waals surface area contributed by atoms with Gasteiger partial charge in [-0.15, -0.1) is 0 Å². The van der Waals surface area contributed by atoms with Crippen LogP contribution in [0, 0.1) is 0 Å². The molecule has 1 aromatic heterocycles. The van der Waals surface area contributed by atoms with Crippen molar-refractivity contribution in [2.24, 2.45) is 7.05 Å². The topological polar surface area (TPSA) is 56.5 Å². The van der Waals surface area contributed by atoms with Gasteiger partial charge in [0.2, 0.25) is 0 Å². The fourth-order valence-electron chi connectivity index (χ4n) is 1.32. The van der Waals surface area contributed by atoms with Gasteiger partial charge in [0.1, 0.15) is 6.66 Å². The van der Waals surface area contributed by atoms with E-state index in [-0.39, 0.29) is 0 Å². The maximum Gasteiger partial charge on any atom is 0.494 e. The van der Waals surface area contributed by atoms with Crippen LogP contribution in [0.5, 0.6) is 11.6 Å². The van der Waals surface area contributed by atoms with Gasteiger partial charge in [0, 0.05) is 13.1 Å². The predicted octanol–water partition coefficient (Wildman–Crippen LogP) is 2.26. The van der Waals surface area contributed by atoms with Crippen LogP contribution in [0.4, 0.5) is 0 Å². The van der Waals surface area contributed by atoms with E-state index >= 15 is 0 Å². The highest BCUT2D eigenvalue weighted by Crippen LogP contribution is 2.52. The van der Waals surface area contributed by atoms with Gasteiger partial charge in [0.05, 0.1) is 6.20 Å². The summed E-state index contributed by atoms with van der Waals surface area (Å²) < 4.78 is 12.4. The summed E-state index contributed by atoms with van der Waals surface area (Å²) >= 11 is 0. The predicted molar refractivity (Wildman–Crippen MR) is 66.0 cm³/mol. The zero-order valence-electron chi connectivity index (χ0n) is 9.65. The second-order valence-electron chi connectivity index (χ2n) is 3.59. The first-order valence-electron chi connectivity index (χ1n) is 5.08. The van der Waals surface area contributed by atoms with E-state index < -0.39 is 7.94 Å². The summed E-state index contributed by atoms with van der Waals surface area (Å²) in [7, 11) is -1.21. The third-order valence-corrected chi connectivity index (χ3v) is 3.13. The molecule has 0 bridgehead atoms. The highest BCUT2D eigenvalue weighted by Gasteiger charge is 2.37. The van der Waals surface area contributed by atoms with Crippen molar-refractivity contribution in [2.75, 3.05) is 6.66 Å². The van der Waals surface area contributed by atoms with E-state index in [1.165, 1.54) is 11.3 Å². The second-order valence-corrected chi connectivity index (χ2v) is 5.56. The van der Waals surface area contributed by atoms with E-state index in [1.807, 2.05) is 18.2 Å². The summed E-state index contributed by atoms with van der Waals surface area (Å²) in [5.41, 5.74) is 0. The Morgan fingerprint density at radius 1 is 1.18 bits per heavy atom. The average molecular weight is 253 g/mol. The van der Waals surface area contributed by atoms with Crippen LogP contribution in [0.2, 0.25) is 0 Å². The molecule has 0 aliphatic rings. The van der Waals surface area contributed by atoms with Gasteiger partial charge >= 0.3 is 7.94 Å². The molecule has 0 radical (unpaired) electrons. The number of rotatable bonds is 4. The third-order valence-electron chi connectivity index (χ3n) is 2.06. The number of hydrogen-bond acceptors (Lipinski definition) is 4. The van der Waals surface area contributed by atoms with Crippen LogP contribution < -0.4 is 9.05 Å². The van der Waals surface area contributed by atoms with E-state index in [1.54, 1.807) is 31.4 Å². The summed E-state index contributed by atoms with van der Waals surface area (Å²) in [5, 5.41) is 3.95. The number of aryl methyl sites for hydroxylation is 1. The first-order chi connectivity index (χ1) is 8.07. The number of para-hydroxylation sites is 1. The van der Waals surface area contributed by atoms with Crippen molar-refractivity contribution in [1.82, 2.24) is 9.78 Å². The summed E-state index contributed by atoms with van der Waals surface area (Å²) in [4.78, 5) is 10.1. The molecule has 5 nitrogen and oxygen atoms in total. The van der Waals surface area contributed by atoms with Gasteiger partial charge in [0.25, 0.3) is 5.88 Å². The van der Waals surface area contributed by atoms with Crippen LogP contribution in [0.1, 0.15) is 0 Å². The van der Waals surface area contributed by atoms with Crippen LogP contribution in [-0.4, -0.2) is 21.3 Å². The lowest BCUT2D eigenvalue weighted by Crippen LogP contribution is -2.08. The molecule has 1 unspecified atom stereocenters. The molecule has 90 valence electrons. The molecule has 6 heteroatoms. The normalized spacial score (nSPS) is 14.1. The lowest BCUT2D eigenvalue weighted by Gasteiger charge is -2.13. The van der Waals surface area contributed by atoms with Crippen LogP contribution in [0.25, 0.3) is 0 Å². The Morgan fingerprint density at radius 3 is 2.47 bits per heavy atom. The van der Waals surface area contributed by atoms with Gasteiger partial charge in [-0.1, -0.05) is 18.2 Å². The SMILES string of the molecule is Cn1nccc1O[P+](C)(O)Oc1ccccc1. The molecule has 1 N–H and O–H groups in total. The second kappa shape index (κ2) is 4.73. The molecule has 2 aromatic rings. The molecule has 0 amide bonds. The molecule has 17 heavy (non-hydrogen) atoms. The average Bonchev–Trinajstić information content (AvgIpc) is 2.64. The molecule has 1 aromatic carbocycles. The summed E-state index contributed by atoms with van der Waals surface area (Å²) in [5.74, 6) is 1.05. The van der Waals surface area contributed by atoms with Gasteiger partial charge in [-0.2, -0.15) is 9.99 Å². The Labute approximate surface area is 100 Å². The first-order valence-corrected chi connectivity index (χ1v) is 7.11. The molecular weight excluding hydrogens is 239 g/mol. The zero-order valence-corrected chi connectivity index (χ0v) is 10.5. The van der Waals surface area contributed by atoms with E-state index in [9.17, 15) is 4.89 Å². The molecule has 0 saturated carbocycles. The van der Waals surface area contributed by atoms with Crippen molar-refractivity contribution in [2.45, 2.75) is 0 Å². The Hall–Kier alpha value is -1.58. The fourth-order valence-corrected chi connectivity index (χ4v) is 2.40. The summed E-state index contributed by atoms with van der Waals surface area (Å²) in [6.45, 7) is 1.53. The summed E-state index contributed by atoms with van der Waals surface area (Å²) in [6.07, 6.45) is 1.60. The monoisotopic (exact) mass is 253 g/mol. The highest BCUT2D eigenvalue weighted by atomic mass is 31.2. The minimum atomic E-state index is -2.94. The largest absolute Gasteiger partial charge is 0.494 e. The van der Waals surface area contributed by atoms with Crippen molar-refractivity contribution in [3.05, 3.63) is 42.6 Å².